The van der Waals surface area contributed by atoms with Gasteiger partial charge in [0.05, 0.1) is 10.7 Å². The highest BCUT2D eigenvalue weighted by Gasteiger charge is 1.97. The normalized spacial score (nSPS) is 9.69. The summed E-state index contributed by atoms with van der Waals surface area (Å²) in [5.74, 6) is 0.180. The zero-order valence-corrected chi connectivity index (χ0v) is 8.27. The van der Waals surface area contributed by atoms with E-state index >= 15 is 0 Å². The van der Waals surface area contributed by atoms with E-state index in [4.69, 9.17) is 11.6 Å². The van der Waals surface area contributed by atoms with Gasteiger partial charge in [-0.15, -0.1) is 0 Å². The van der Waals surface area contributed by atoms with Crippen LogP contribution in [0.3, 0.4) is 0 Å². The van der Waals surface area contributed by atoms with Gasteiger partial charge >= 0.3 is 0 Å². The summed E-state index contributed by atoms with van der Waals surface area (Å²) in [6.45, 7) is 2.22. The number of benzene rings is 1. The van der Waals surface area contributed by atoms with E-state index in [1.54, 1.807) is 6.92 Å². The molecule has 1 rings (SSSR count). The summed E-state index contributed by atoms with van der Waals surface area (Å²) in [7, 11) is 0. The zero-order chi connectivity index (χ0) is 9.68. The van der Waals surface area contributed by atoms with Crippen LogP contribution in [0.2, 0.25) is 5.02 Å². The highest BCUT2D eigenvalue weighted by Crippen LogP contribution is 2.19. The molecule has 0 fully saturated rings. The van der Waals surface area contributed by atoms with Gasteiger partial charge in [0.1, 0.15) is 5.78 Å². The Morgan fingerprint density at radius 3 is 2.77 bits per heavy atom. The highest BCUT2D eigenvalue weighted by molar-refractivity contribution is 6.33. The molecule has 0 aliphatic carbocycles. The van der Waals surface area contributed by atoms with Crippen molar-refractivity contribution in [1.29, 1.82) is 0 Å². The van der Waals surface area contributed by atoms with E-state index in [-0.39, 0.29) is 5.78 Å². The third-order valence-corrected chi connectivity index (χ3v) is 2.00. The van der Waals surface area contributed by atoms with Crippen LogP contribution in [0.25, 0.3) is 0 Å². The lowest BCUT2D eigenvalue weighted by molar-refractivity contribution is -0.116. The fourth-order valence-electron chi connectivity index (χ4n) is 0.978. The van der Waals surface area contributed by atoms with E-state index in [1.807, 2.05) is 24.3 Å². The van der Waals surface area contributed by atoms with Gasteiger partial charge in [-0.05, 0) is 19.1 Å². The molecule has 2 nitrogen and oxygen atoms in total. The SMILES string of the molecule is CC(=O)CCNc1ccccc1Cl. The number of nitrogens with one attached hydrogen (secondary N) is 1. The summed E-state index contributed by atoms with van der Waals surface area (Å²) in [6.07, 6.45) is 0.533. The van der Waals surface area contributed by atoms with Crippen molar-refractivity contribution in [2.45, 2.75) is 13.3 Å². The van der Waals surface area contributed by atoms with E-state index in [0.29, 0.717) is 18.0 Å². The molecule has 70 valence electrons. The van der Waals surface area contributed by atoms with Gasteiger partial charge in [-0.2, -0.15) is 0 Å². The van der Waals surface area contributed by atoms with Crippen LogP contribution in [-0.4, -0.2) is 12.3 Å². The smallest absolute Gasteiger partial charge is 0.131 e. The molecule has 0 aliphatic rings. The lowest BCUT2D eigenvalue weighted by Gasteiger charge is -2.05. The summed E-state index contributed by atoms with van der Waals surface area (Å²) in [6, 6.07) is 7.49. The van der Waals surface area contributed by atoms with Crippen LogP contribution < -0.4 is 5.32 Å². The summed E-state index contributed by atoms with van der Waals surface area (Å²) in [4.78, 5) is 10.6. The van der Waals surface area contributed by atoms with Crippen LogP contribution in [0.5, 0.6) is 0 Å². The molecule has 0 atom stereocenters. The van der Waals surface area contributed by atoms with E-state index in [0.717, 1.165) is 5.69 Å². The first-order valence-corrected chi connectivity index (χ1v) is 4.56. The summed E-state index contributed by atoms with van der Waals surface area (Å²) in [5, 5.41) is 3.78. The Bertz CT molecular complexity index is 299. The second-order valence-electron chi connectivity index (χ2n) is 2.86. The number of Topliss-reactive ketones (excluding diaryl/α,β-unsaturated/α-hetero) is 1. The van der Waals surface area contributed by atoms with Crippen molar-refractivity contribution in [2.24, 2.45) is 0 Å². The minimum Gasteiger partial charge on any atom is -0.383 e. The maximum Gasteiger partial charge on any atom is 0.131 e. The van der Waals surface area contributed by atoms with Crippen LogP contribution in [0.4, 0.5) is 5.69 Å². The number of anilines is 1. The minimum atomic E-state index is 0.180. The van der Waals surface area contributed by atoms with Crippen LogP contribution in [-0.2, 0) is 4.79 Å². The molecule has 13 heavy (non-hydrogen) atoms. The quantitative estimate of drug-likeness (QED) is 0.804. The van der Waals surface area contributed by atoms with Crippen molar-refractivity contribution in [3.05, 3.63) is 29.3 Å². The third-order valence-electron chi connectivity index (χ3n) is 1.67. The molecule has 0 radical (unpaired) electrons. The first-order chi connectivity index (χ1) is 6.20. The molecule has 0 aliphatic heterocycles. The first kappa shape index (κ1) is 10.1. The van der Waals surface area contributed by atoms with Gasteiger partial charge < -0.3 is 5.32 Å². The molecule has 0 heterocycles. The van der Waals surface area contributed by atoms with Crippen molar-refractivity contribution < 1.29 is 4.79 Å². The fraction of sp³-hybridized carbons (Fsp3) is 0.300. The lowest BCUT2D eigenvalue weighted by atomic mass is 10.3. The Labute approximate surface area is 82.9 Å². The molecule has 1 aromatic carbocycles. The zero-order valence-electron chi connectivity index (χ0n) is 7.51. The number of carbonyl (C=O) groups is 1. The van der Waals surface area contributed by atoms with Gasteiger partial charge in [-0.3, -0.25) is 4.79 Å². The van der Waals surface area contributed by atoms with Crippen molar-refractivity contribution in [2.75, 3.05) is 11.9 Å². The van der Waals surface area contributed by atoms with Crippen LogP contribution in [0.15, 0.2) is 24.3 Å². The van der Waals surface area contributed by atoms with Crippen molar-refractivity contribution in [3.63, 3.8) is 0 Å². The number of ketones is 1. The van der Waals surface area contributed by atoms with E-state index in [2.05, 4.69) is 5.32 Å². The molecule has 3 heteroatoms. The van der Waals surface area contributed by atoms with E-state index in [9.17, 15) is 4.79 Å². The number of rotatable bonds is 4. The van der Waals surface area contributed by atoms with E-state index in [1.165, 1.54) is 0 Å². The molecular weight excluding hydrogens is 186 g/mol. The summed E-state index contributed by atoms with van der Waals surface area (Å²) >= 11 is 5.89. The monoisotopic (exact) mass is 197 g/mol. The number of hydrogen-bond acceptors (Lipinski definition) is 2. The van der Waals surface area contributed by atoms with Crippen molar-refractivity contribution >= 4 is 23.1 Å². The molecule has 0 unspecified atom stereocenters. The van der Waals surface area contributed by atoms with Crippen LogP contribution in [0.1, 0.15) is 13.3 Å². The number of carbonyl (C=O) groups excluding carboxylic acids is 1. The molecule has 0 bridgehead atoms. The van der Waals surface area contributed by atoms with Crippen LogP contribution >= 0.6 is 11.6 Å². The summed E-state index contributed by atoms with van der Waals surface area (Å²) in [5.41, 5.74) is 0.880. The Balaban J connectivity index is 2.45. The Morgan fingerprint density at radius 2 is 2.15 bits per heavy atom. The molecule has 0 spiro atoms. The molecular formula is C10H12ClNO. The van der Waals surface area contributed by atoms with Crippen molar-refractivity contribution in [3.8, 4) is 0 Å². The number of halogens is 1. The summed E-state index contributed by atoms with van der Waals surface area (Å²) < 4.78 is 0. The standard InChI is InChI=1S/C10H12ClNO/c1-8(13)6-7-12-10-5-3-2-4-9(10)11/h2-5,12H,6-7H2,1H3. The van der Waals surface area contributed by atoms with Gasteiger partial charge in [-0.1, -0.05) is 23.7 Å². The van der Waals surface area contributed by atoms with Gasteiger partial charge in [0.2, 0.25) is 0 Å². The van der Waals surface area contributed by atoms with Crippen LogP contribution in [0, 0.1) is 0 Å². The van der Waals surface area contributed by atoms with Gasteiger partial charge in [-0.25, -0.2) is 0 Å². The Kier molecular flexibility index (Phi) is 3.77. The first-order valence-electron chi connectivity index (χ1n) is 4.18. The van der Waals surface area contributed by atoms with E-state index < -0.39 is 0 Å². The van der Waals surface area contributed by atoms with Crippen molar-refractivity contribution in [1.82, 2.24) is 0 Å². The third kappa shape index (κ3) is 3.47. The van der Waals surface area contributed by atoms with Gasteiger partial charge in [0.25, 0.3) is 0 Å². The predicted molar refractivity (Wildman–Crippen MR) is 55.2 cm³/mol. The fourth-order valence-corrected chi connectivity index (χ4v) is 1.18. The molecule has 0 saturated heterocycles. The Morgan fingerprint density at radius 1 is 1.46 bits per heavy atom. The molecule has 1 N–H and O–H groups in total. The number of para-hydroxylation sites is 1. The predicted octanol–water partition coefficient (Wildman–Crippen LogP) is 2.73. The second kappa shape index (κ2) is 4.87. The highest BCUT2D eigenvalue weighted by atomic mass is 35.5. The number of hydrogen-bond donors (Lipinski definition) is 1. The topological polar surface area (TPSA) is 29.1 Å². The molecule has 1 aromatic rings. The molecule has 0 amide bonds. The Hall–Kier alpha value is -1.02. The second-order valence-corrected chi connectivity index (χ2v) is 3.27. The lowest BCUT2D eigenvalue weighted by Crippen LogP contribution is -2.05. The largest absolute Gasteiger partial charge is 0.383 e. The van der Waals surface area contributed by atoms with Gasteiger partial charge in [0.15, 0.2) is 0 Å². The van der Waals surface area contributed by atoms with Gasteiger partial charge in [0, 0.05) is 13.0 Å². The average molecular weight is 198 g/mol. The molecule has 0 aromatic heterocycles. The maximum atomic E-state index is 10.6. The molecule has 0 saturated carbocycles. The minimum absolute atomic E-state index is 0.180. The maximum absolute atomic E-state index is 10.6. The average Bonchev–Trinajstić information content (AvgIpc) is 2.08.